The van der Waals surface area contributed by atoms with E-state index >= 15 is 0 Å². The van der Waals surface area contributed by atoms with Crippen molar-refractivity contribution in [1.82, 2.24) is 4.48 Å². The number of carbonyl (C=O) groups is 1. The molecular formula is C26H28NO5P+2. The Bertz CT molecular complexity index is 945. The summed E-state index contributed by atoms with van der Waals surface area (Å²) in [5.74, 6) is -0.465. The molecule has 0 aliphatic rings. The van der Waals surface area contributed by atoms with Crippen molar-refractivity contribution in [2.24, 2.45) is 0 Å². The minimum atomic E-state index is -2.35. The van der Waals surface area contributed by atoms with Crippen LogP contribution in [-0.2, 0) is 23.1 Å². The van der Waals surface area contributed by atoms with Crippen LogP contribution in [0.4, 0.5) is 17.1 Å². The first-order valence-electron chi connectivity index (χ1n) is 10.7. The summed E-state index contributed by atoms with van der Waals surface area (Å²) in [5.41, 5.74) is 3.18. The second-order valence-electron chi connectivity index (χ2n) is 7.10. The molecule has 170 valence electrons. The highest BCUT2D eigenvalue weighted by molar-refractivity contribution is 7.33. The molecule has 0 N–H and O–H groups in total. The lowest BCUT2D eigenvalue weighted by Gasteiger charge is -2.36. The zero-order valence-corrected chi connectivity index (χ0v) is 19.5. The molecule has 0 amide bonds. The average Bonchev–Trinajstić information content (AvgIpc) is 2.86. The number of para-hydroxylation sites is 3. The molecule has 0 bridgehead atoms. The quantitative estimate of drug-likeness (QED) is 0.101. The minimum absolute atomic E-state index is 0.00540. The van der Waals surface area contributed by atoms with Crippen LogP contribution in [0.1, 0.15) is 6.92 Å². The van der Waals surface area contributed by atoms with Gasteiger partial charge in [0.25, 0.3) is 0 Å². The van der Waals surface area contributed by atoms with Crippen LogP contribution in [0, 0.1) is 0 Å². The molecule has 0 saturated heterocycles. The van der Waals surface area contributed by atoms with Gasteiger partial charge in [-0.05, 0) is 43.3 Å². The van der Waals surface area contributed by atoms with Gasteiger partial charge in [-0.2, -0.15) is 0 Å². The summed E-state index contributed by atoms with van der Waals surface area (Å²) in [6.45, 7) is 2.41. The van der Waals surface area contributed by atoms with Gasteiger partial charge in [-0.25, -0.2) is 9.28 Å². The number of nitrogens with zero attached hydrogens (tertiary/aromatic N) is 1. The molecule has 0 spiro atoms. The van der Waals surface area contributed by atoms with Crippen LogP contribution in [0.2, 0.25) is 0 Å². The molecule has 0 radical (unpaired) electrons. The molecule has 0 saturated carbocycles. The monoisotopic (exact) mass is 465 g/mol. The molecule has 0 heterocycles. The maximum atomic E-state index is 12.3. The van der Waals surface area contributed by atoms with Gasteiger partial charge in [0.2, 0.25) is 0 Å². The standard InChI is InChI=1S/C26H28NO5P/c1-2-12-26(28)30-21-22-32-33(29)31-20-19-27(23-13-6-3-7-14-23,24-15-8-4-9-16-24)25-17-10-5-11-18-25/h2-18H,19-22H2,1H3/q+2. The Morgan fingerprint density at radius 1 is 0.758 bits per heavy atom. The molecule has 7 heteroatoms. The Kier molecular flexibility index (Phi) is 9.48. The van der Waals surface area contributed by atoms with Crippen molar-refractivity contribution in [1.29, 1.82) is 0 Å². The first kappa shape index (κ1) is 24.5. The molecule has 0 fully saturated rings. The molecule has 0 aliphatic carbocycles. The van der Waals surface area contributed by atoms with Crippen molar-refractivity contribution in [2.45, 2.75) is 6.92 Å². The molecule has 0 aromatic heterocycles. The summed E-state index contributed by atoms with van der Waals surface area (Å²) in [6.07, 6.45) is 2.90. The number of quaternary nitrogens is 1. The van der Waals surface area contributed by atoms with Gasteiger partial charge in [0, 0.05) is 10.6 Å². The summed E-state index contributed by atoms with van der Waals surface area (Å²) < 4.78 is 28.3. The summed E-state index contributed by atoms with van der Waals surface area (Å²) in [4.78, 5) is 11.3. The predicted molar refractivity (Wildman–Crippen MR) is 131 cm³/mol. The highest BCUT2D eigenvalue weighted by Crippen LogP contribution is 2.43. The summed E-state index contributed by atoms with van der Waals surface area (Å²) in [6, 6.07) is 30.5. The normalized spacial score (nSPS) is 12.0. The van der Waals surface area contributed by atoms with Crippen LogP contribution in [0.25, 0.3) is 0 Å². The molecular weight excluding hydrogens is 437 g/mol. The summed E-state index contributed by atoms with van der Waals surface area (Å²) in [5, 5.41) is 0. The number of esters is 1. The van der Waals surface area contributed by atoms with Gasteiger partial charge >= 0.3 is 14.2 Å². The lowest BCUT2D eigenvalue weighted by atomic mass is 10.1. The summed E-state index contributed by atoms with van der Waals surface area (Å²) in [7, 11) is -2.35. The Morgan fingerprint density at radius 2 is 1.21 bits per heavy atom. The number of carbonyl (C=O) groups excluding carboxylic acids is 1. The van der Waals surface area contributed by atoms with Crippen LogP contribution in [0.15, 0.2) is 103 Å². The van der Waals surface area contributed by atoms with Gasteiger partial charge in [0.05, 0.1) is 0 Å². The van der Waals surface area contributed by atoms with Crippen molar-refractivity contribution in [3.63, 3.8) is 0 Å². The maximum absolute atomic E-state index is 12.3. The van der Waals surface area contributed by atoms with Crippen LogP contribution in [-0.4, -0.2) is 32.3 Å². The largest absolute Gasteiger partial charge is 0.697 e. The van der Waals surface area contributed by atoms with Crippen molar-refractivity contribution >= 4 is 31.3 Å². The Labute approximate surface area is 195 Å². The van der Waals surface area contributed by atoms with Crippen LogP contribution in [0.5, 0.6) is 0 Å². The fourth-order valence-corrected chi connectivity index (χ4v) is 4.14. The maximum Gasteiger partial charge on any atom is 0.697 e. The topological polar surface area (TPSA) is 61.8 Å². The predicted octanol–water partition coefficient (Wildman–Crippen LogP) is 6.47. The van der Waals surface area contributed by atoms with E-state index in [1.807, 2.05) is 54.6 Å². The van der Waals surface area contributed by atoms with E-state index in [1.165, 1.54) is 6.08 Å². The van der Waals surface area contributed by atoms with Gasteiger partial charge in [0.1, 0.15) is 36.8 Å². The molecule has 6 nitrogen and oxygen atoms in total. The van der Waals surface area contributed by atoms with E-state index in [-0.39, 0.29) is 19.8 Å². The smallest absolute Gasteiger partial charge is 0.460 e. The first-order valence-corrected chi connectivity index (χ1v) is 11.8. The van der Waals surface area contributed by atoms with Gasteiger partial charge in [-0.1, -0.05) is 60.7 Å². The number of ether oxygens (including phenoxy) is 1. The SMILES string of the molecule is CC=CC(=O)OCCO[P+](=O)OCC[N+](c1ccccc1)(c1ccccc1)c1ccccc1. The summed E-state index contributed by atoms with van der Waals surface area (Å²) >= 11 is 0. The number of hydrogen-bond acceptors (Lipinski definition) is 5. The number of hydrogen-bond donors (Lipinski definition) is 0. The van der Waals surface area contributed by atoms with E-state index < -0.39 is 14.2 Å². The van der Waals surface area contributed by atoms with E-state index in [9.17, 15) is 9.36 Å². The van der Waals surface area contributed by atoms with Gasteiger partial charge in [-0.15, -0.1) is 9.05 Å². The fraction of sp³-hybridized carbons (Fsp3) is 0.192. The van der Waals surface area contributed by atoms with Gasteiger partial charge in [0.15, 0.2) is 6.61 Å². The zero-order valence-electron chi connectivity index (χ0n) is 18.6. The third-order valence-electron chi connectivity index (χ3n) is 5.04. The molecule has 3 aromatic rings. The molecule has 33 heavy (non-hydrogen) atoms. The lowest BCUT2D eigenvalue weighted by Crippen LogP contribution is -2.41. The van der Waals surface area contributed by atoms with Crippen molar-refractivity contribution < 1.29 is 23.1 Å². The number of allylic oxidation sites excluding steroid dienone is 1. The third kappa shape index (κ3) is 6.67. The van der Waals surface area contributed by atoms with Crippen LogP contribution >= 0.6 is 8.25 Å². The van der Waals surface area contributed by atoms with E-state index in [4.69, 9.17) is 13.8 Å². The van der Waals surface area contributed by atoms with Crippen molar-refractivity contribution in [2.75, 3.05) is 26.4 Å². The fourth-order valence-electron chi connectivity index (χ4n) is 3.61. The Balaban J connectivity index is 1.75. The number of rotatable bonds is 12. The van der Waals surface area contributed by atoms with E-state index in [2.05, 4.69) is 36.4 Å². The molecule has 0 aliphatic heterocycles. The highest BCUT2D eigenvalue weighted by atomic mass is 31.1. The Hall–Kier alpha value is -3.15. The average molecular weight is 465 g/mol. The van der Waals surface area contributed by atoms with E-state index in [0.717, 1.165) is 17.1 Å². The Morgan fingerprint density at radius 3 is 1.67 bits per heavy atom. The second kappa shape index (κ2) is 12.8. The minimum Gasteiger partial charge on any atom is -0.460 e. The third-order valence-corrected chi connectivity index (χ3v) is 5.83. The van der Waals surface area contributed by atoms with Gasteiger partial charge in [-0.3, -0.25) is 0 Å². The van der Waals surface area contributed by atoms with Crippen LogP contribution < -0.4 is 4.48 Å². The second-order valence-corrected chi connectivity index (χ2v) is 8.06. The van der Waals surface area contributed by atoms with Crippen molar-refractivity contribution in [3.05, 3.63) is 103 Å². The highest BCUT2D eigenvalue weighted by Gasteiger charge is 2.37. The lowest BCUT2D eigenvalue weighted by molar-refractivity contribution is -0.138. The molecule has 1 unspecified atom stereocenters. The molecule has 3 rings (SSSR count). The van der Waals surface area contributed by atoms with Crippen molar-refractivity contribution in [3.8, 4) is 0 Å². The van der Waals surface area contributed by atoms with Gasteiger partial charge < -0.3 is 4.74 Å². The zero-order chi connectivity index (χ0) is 23.4. The van der Waals surface area contributed by atoms with Crippen LogP contribution in [0.3, 0.4) is 0 Å². The number of benzene rings is 3. The molecule has 1 atom stereocenters. The molecule has 3 aromatic carbocycles. The van der Waals surface area contributed by atoms with E-state index in [0.29, 0.717) is 11.0 Å². The van der Waals surface area contributed by atoms with E-state index in [1.54, 1.807) is 13.0 Å². The first-order chi connectivity index (χ1) is 16.2.